The van der Waals surface area contributed by atoms with Crippen LogP contribution in [0.4, 0.5) is 5.69 Å². The average Bonchev–Trinajstić information content (AvgIpc) is 2.34. The molecule has 1 rings (SSSR count). The van der Waals surface area contributed by atoms with Crippen molar-refractivity contribution >= 4 is 27.6 Å². The molecule has 0 fully saturated rings. The summed E-state index contributed by atoms with van der Waals surface area (Å²) >= 11 is 3.20. The van der Waals surface area contributed by atoms with E-state index in [-0.39, 0.29) is 17.9 Å². The predicted octanol–water partition coefficient (Wildman–Crippen LogP) is 1.00. The highest BCUT2D eigenvalue weighted by Crippen LogP contribution is 2.15. The van der Waals surface area contributed by atoms with Gasteiger partial charge in [-0.25, -0.2) is 4.68 Å². The van der Waals surface area contributed by atoms with E-state index in [9.17, 15) is 9.59 Å². The number of rotatable bonds is 5. The van der Waals surface area contributed by atoms with Crippen LogP contribution in [0, 0.1) is 0 Å². The Morgan fingerprint density at radius 3 is 2.94 bits per heavy atom. The number of hydrogen-bond acceptors (Lipinski definition) is 5. The summed E-state index contributed by atoms with van der Waals surface area (Å²) in [6.45, 7) is 2.74. The lowest BCUT2D eigenvalue weighted by atomic mass is 10.4. The molecule has 0 saturated carbocycles. The van der Waals surface area contributed by atoms with Crippen molar-refractivity contribution in [1.29, 1.82) is 0 Å². The number of nitrogens with zero attached hydrogens (tertiary/aromatic N) is 2. The van der Waals surface area contributed by atoms with Crippen LogP contribution in [-0.4, -0.2) is 29.4 Å². The second-order valence-electron chi connectivity index (χ2n) is 3.25. The molecule has 17 heavy (non-hydrogen) atoms. The number of aromatic nitrogens is 2. The number of methoxy groups -OCH3 is 1. The molecular weight excluding hydrogens is 290 g/mol. The van der Waals surface area contributed by atoms with Gasteiger partial charge < -0.3 is 10.1 Å². The lowest BCUT2D eigenvalue weighted by Gasteiger charge is -2.08. The third kappa shape index (κ3) is 3.55. The summed E-state index contributed by atoms with van der Waals surface area (Å²) in [4.78, 5) is 22.6. The van der Waals surface area contributed by atoms with Crippen LogP contribution in [-0.2, 0) is 16.1 Å². The first-order chi connectivity index (χ1) is 8.10. The van der Waals surface area contributed by atoms with Crippen molar-refractivity contribution in [3.8, 4) is 0 Å². The van der Waals surface area contributed by atoms with Gasteiger partial charge in [-0.1, -0.05) is 0 Å². The molecule has 0 aromatic carbocycles. The number of halogens is 1. The number of ether oxygens (including phenoxy) is 1. The molecule has 0 aliphatic heterocycles. The Labute approximate surface area is 107 Å². The number of nitrogens with one attached hydrogen (secondary N) is 1. The zero-order valence-corrected chi connectivity index (χ0v) is 11.3. The first-order valence-electron chi connectivity index (χ1n) is 5.16. The van der Waals surface area contributed by atoms with E-state index in [4.69, 9.17) is 0 Å². The number of carbonyl (C=O) groups is 1. The molecule has 0 aliphatic rings. The van der Waals surface area contributed by atoms with Crippen molar-refractivity contribution < 1.29 is 9.53 Å². The summed E-state index contributed by atoms with van der Waals surface area (Å²) in [5.41, 5.74) is 0.374. The van der Waals surface area contributed by atoms with Gasteiger partial charge in [0.1, 0.15) is 4.47 Å². The van der Waals surface area contributed by atoms with Crippen LogP contribution in [0.25, 0.3) is 0 Å². The molecule has 0 saturated heterocycles. The van der Waals surface area contributed by atoms with Crippen LogP contribution in [0.1, 0.15) is 13.3 Å². The molecule has 0 atom stereocenters. The topological polar surface area (TPSA) is 73.2 Å². The molecule has 0 radical (unpaired) electrons. The van der Waals surface area contributed by atoms with Crippen LogP contribution in [0.15, 0.2) is 15.5 Å². The smallest absolute Gasteiger partial charge is 0.307 e. The molecule has 6 nitrogen and oxygen atoms in total. The lowest BCUT2D eigenvalue weighted by Crippen LogP contribution is -2.24. The van der Waals surface area contributed by atoms with Gasteiger partial charge in [0.2, 0.25) is 0 Å². The molecule has 0 unspecified atom stereocenters. The largest absolute Gasteiger partial charge is 0.469 e. The van der Waals surface area contributed by atoms with Crippen molar-refractivity contribution in [3.63, 3.8) is 0 Å². The maximum Gasteiger partial charge on any atom is 0.307 e. The third-order valence-electron chi connectivity index (χ3n) is 2.16. The van der Waals surface area contributed by atoms with E-state index in [0.29, 0.717) is 23.2 Å². The van der Waals surface area contributed by atoms with E-state index in [2.05, 4.69) is 31.1 Å². The van der Waals surface area contributed by atoms with Crippen molar-refractivity contribution in [2.24, 2.45) is 0 Å². The Kier molecular flexibility index (Phi) is 5.14. The second kappa shape index (κ2) is 6.39. The molecule has 1 N–H and O–H groups in total. The molecular formula is C10H14BrN3O3. The van der Waals surface area contributed by atoms with Crippen molar-refractivity contribution in [2.75, 3.05) is 19.0 Å². The van der Waals surface area contributed by atoms with Crippen LogP contribution < -0.4 is 10.9 Å². The zero-order chi connectivity index (χ0) is 12.8. The van der Waals surface area contributed by atoms with E-state index in [1.807, 2.05) is 6.92 Å². The third-order valence-corrected chi connectivity index (χ3v) is 2.92. The minimum Gasteiger partial charge on any atom is -0.469 e. The summed E-state index contributed by atoms with van der Waals surface area (Å²) in [5.74, 6) is -0.302. The Morgan fingerprint density at radius 2 is 2.35 bits per heavy atom. The number of carbonyl (C=O) groups excluding carboxylic acids is 1. The molecule has 1 aromatic heterocycles. The van der Waals surface area contributed by atoms with Gasteiger partial charge in [-0.15, -0.1) is 0 Å². The van der Waals surface area contributed by atoms with E-state index in [0.717, 1.165) is 0 Å². The minimum absolute atomic E-state index is 0.199. The summed E-state index contributed by atoms with van der Waals surface area (Å²) in [7, 11) is 1.34. The van der Waals surface area contributed by atoms with Crippen molar-refractivity contribution in [2.45, 2.75) is 19.9 Å². The second-order valence-corrected chi connectivity index (χ2v) is 4.04. The Balaban J connectivity index is 2.70. The van der Waals surface area contributed by atoms with E-state index in [1.54, 1.807) is 6.20 Å². The Hall–Kier alpha value is -1.37. The fraction of sp³-hybridized carbons (Fsp3) is 0.500. The number of aryl methyl sites for hydroxylation is 1. The van der Waals surface area contributed by atoms with Gasteiger partial charge in [-0.3, -0.25) is 9.59 Å². The highest BCUT2D eigenvalue weighted by molar-refractivity contribution is 9.10. The molecule has 0 spiro atoms. The van der Waals surface area contributed by atoms with Gasteiger partial charge in [-0.2, -0.15) is 5.10 Å². The first-order valence-corrected chi connectivity index (χ1v) is 5.95. The maximum absolute atomic E-state index is 11.7. The number of hydrogen-bond donors (Lipinski definition) is 1. The van der Waals surface area contributed by atoms with Gasteiger partial charge in [0.05, 0.1) is 25.4 Å². The van der Waals surface area contributed by atoms with Crippen molar-refractivity contribution in [3.05, 3.63) is 21.0 Å². The van der Waals surface area contributed by atoms with Crippen LogP contribution >= 0.6 is 15.9 Å². The fourth-order valence-electron chi connectivity index (χ4n) is 1.21. The molecule has 94 valence electrons. The Bertz CT molecular complexity index is 459. The summed E-state index contributed by atoms with van der Waals surface area (Å²) in [6.07, 6.45) is 1.78. The summed E-state index contributed by atoms with van der Waals surface area (Å²) < 4.78 is 6.27. The first kappa shape index (κ1) is 13.7. The Morgan fingerprint density at radius 1 is 1.65 bits per heavy atom. The molecule has 7 heteroatoms. The monoisotopic (exact) mass is 303 g/mol. The van der Waals surface area contributed by atoms with Crippen LogP contribution in [0.2, 0.25) is 0 Å². The predicted molar refractivity (Wildman–Crippen MR) is 67.0 cm³/mol. The zero-order valence-electron chi connectivity index (χ0n) is 9.70. The standard InChI is InChI=1S/C10H14BrN3O3/c1-3-14-10(16)9(11)7(6-13-14)12-5-4-8(15)17-2/h6,12H,3-5H2,1-2H3. The van der Waals surface area contributed by atoms with Crippen LogP contribution in [0.3, 0.4) is 0 Å². The molecule has 0 bridgehead atoms. The minimum atomic E-state index is -0.302. The maximum atomic E-state index is 11.7. The SMILES string of the molecule is CCn1ncc(NCCC(=O)OC)c(Br)c1=O. The van der Waals surface area contributed by atoms with Gasteiger partial charge >= 0.3 is 5.97 Å². The lowest BCUT2D eigenvalue weighted by molar-refractivity contribution is -0.140. The van der Waals surface area contributed by atoms with Crippen LogP contribution in [0.5, 0.6) is 0 Å². The van der Waals surface area contributed by atoms with E-state index >= 15 is 0 Å². The summed E-state index contributed by atoms with van der Waals surface area (Å²) in [5, 5.41) is 6.92. The number of esters is 1. The van der Waals surface area contributed by atoms with Gasteiger partial charge in [0, 0.05) is 13.1 Å². The quantitative estimate of drug-likeness (QED) is 0.822. The molecule has 0 amide bonds. The number of anilines is 1. The van der Waals surface area contributed by atoms with E-state index < -0.39 is 0 Å². The highest BCUT2D eigenvalue weighted by atomic mass is 79.9. The fourth-order valence-corrected chi connectivity index (χ4v) is 1.66. The van der Waals surface area contributed by atoms with Gasteiger partial charge in [0.15, 0.2) is 0 Å². The van der Waals surface area contributed by atoms with Crippen molar-refractivity contribution in [1.82, 2.24) is 9.78 Å². The normalized spacial score (nSPS) is 10.1. The average molecular weight is 304 g/mol. The molecule has 1 heterocycles. The summed E-state index contributed by atoms with van der Waals surface area (Å²) in [6, 6.07) is 0. The molecule has 1 aromatic rings. The van der Waals surface area contributed by atoms with Gasteiger partial charge in [0.25, 0.3) is 5.56 Å². The molecule has 0 aliphatic carbocycles. The van der Waals surface area contributed by atoms with E-state index in [1.165, 1.54) is 11.8 Å². The van der Waals surface area contributed by atoms with Gasteiger partial charge in [-0.05, 0) is 22.9 Å². The highest BCUT2D eigenvalue weighted by Gasteiger charge is 2.08.